The molecule has 1 aromatic rings. The van der Waals surface area contributed by atoms with Crippen molar-refractivity contribution in [3.05, 3.63) is 28.5 Å². The number of imidazole rings is 1. The van der Waals surface area contributed by atoms with Crippen LogP contribution in [-0.4, -0.2) is 27.3 Å². The highest BCUT2D eigenvalue weighted by molar-refractivity contribution is 5.78. The van der Waals surface area contributed by atoms with Gasteiger partial charge in [0.2, 0.25) is 5.88 Å². The topological polar surface area (TPSA) is 106 Å². The molecule has 1 saturated carbocycles. The molecule has 1 aromatic heterocycles. The first-order valence-electron chi connectivity index (χ1n) is 7.52. The summed E-state index contributed by atoms with van der Waals surface area (Å²) in [6.07, 6.45) is 7.92. The maximum atomic E-state index is 12.3. The highest BCUT2D eigenvalue weighted by Crippen LogP contribution is 2.59. The first-order chi connectivity index (χ1) is 11.8. The predicted octanol–water partition coefficient (Wildman–Crippen LogP) is 0.815. The number of nitrogens with zero attached hydrogens (tertiary/aromatic N) is 3. The third-order valence-electron chi connectivity index (χ3n) is 4.45. The summed E-state index contributed by atoms with van der Waals surface area (Å²) in [7, 11) is 1.38. The summed E-state index contributed by atoms with van der Waals surface area (Å²) in [4.78, 5) is 24.3. The number of rotatable bonds is 6. The molecule has 0 radical (unpaired) electrons. The van der Waals surface area contributed by atoms with Crippen LogP contribution in [0.15, 0.2) is 22.8 Å². The van der Waals surface area contributed by atoms with Crippen molar-refractivity contribution in [1.82, 2.24) is 9.13 Å². The van der Waals surface area contributed by atoms with Crippen LogP contribution in [0.3, 0.4) is 0 Å². The van der Waals surface area contributed by atoms with Crippen LogP contribution in [0, 0.1) is 40.9 Å². The van der Waals surface area contributed by atoms with Gasteiger partial charge in [-0.1, -0.05) is 19.8 Å². The Hall–Kier alpha value is -3.13. The predicted molar refractivity (Wildman–Crippen MR) is 86.7 cm³/mol. The fraction of sp³-hybridized carbons (Fsp3) is 0.471. The first-order valence-corrected chi connectivity index (χ1v) is 7.52. The van der Waals surface area contributed by atoms with E-state index in [9.17, 15) is 14.7 Å². The zero-order chi connectivity index (χ0) is 18.8. The average molecular weight is 345 g/mol. The van der Waals surface area contributed by atoms with Crippen molar-refractivity contribution >= 4 is 5.97 Å². The van der Waals surface area contributed by atoms with Crippen molar-refractivity contribution in [2.75, 3.05) is 7.11 Å². The normalized spacial score (nSPS) is 21.1. The first kappa shape index (κ1) is 18.2. The van der Waals surface area contributed by atoms with E-state index in [1.807, 2.05) is 19.9 Å². The number of hydrogen-bond donors (Lipinski definition) is 1. The lowest BCUT2D eigenvalue weighted by atomic mass is 10.1. The van der Waals surface area contributed by atoms with E-state index >= 15 is 0 Å². The van der Waals surface area contributed by atoms with E-state index < -0.39 is 24.3 Å². The number of carbonyl (C=O) groups is 1. The van der Waals surface area contributed by atoms with E-state index in [0.29, 0.717) is 0 Å². The van der Waals surface area contributed by atoms with Gasteiger partial charge in [-0.15, -0.1) is 6.42 Å². The second-order valence-corrected chi connectivity index (χ2v) is 6.29. The van der Waals surface area contributed by atoms with Crippen LogP contribution in [0.4, 0.5) is 0 Å². The molecule has 132 valence electrons. The summed E-state index contributed by atoms with van der Waals surface area (Å²) in [6.45, 7) is 3.33. The summed E-state index contributed by atoms with van der Waals surface area (Å²) >= 11 is 0. The van der Waals surface area contributed by atoms with Gasteiger partial charge in [-0.25, -0.2) is 9.36 Å². The summed E-state index contributed by atoms with van der Waals surface area (Å²) in [5.41, 5.74) is -0.957. The van der Waals surface area contributed by atoms with Crippen molar-refractivity contribution in [2.24, 2.45) is 17.3 Å². The molecule has 2 rings (SSSR count). The number of esters is 1. The third-order valence-corrected chi connectivity index (χ3v) is 4.45. The lowest BCUT2D eigenvalue weighted by Gasteiger charge is -2.06. The highest BCUT2D eigenvalue weighted by Gasteiger charge is 2.61. The molecular formula is C17H19N3O5. The second-order valence-electron chi connectivity index (χ2n) is 6.29. The number of carbonyl (C=O) groups excluding carboxylic acids is 1. The van der Waals surface area contributed by atoms with Gasteiger partial charge in [0.15, 0.2) is 12.5 Å². The van der Waals surface area contributed by atoms with E-state index in [1.165, 1.54) is 13.3 Å². The van der Waals surface area contributed by atoms with Gasteiger partial charge in [-0.05, 0) is 11.5 Å². The maximum Gasteiger partial charge on any atom is 0.334 e. The summed E-state index contributed by atoms with van der Waals surface area (Å²) < 4.78 is 12.1. The quantitative estimate of drug-likeness (QED) is 0.354. The minimum absolute atomic E-state index is 0.00379. The molecule has 0 amide bonds. The van der Waals surface area contributed by atoms with Crippen molar-refractivity contribution in [2.45, 2.75) is 27.1 Å². The number of hydrogen-bond acceptors (Lipinski definition) is 6. The van der Waals surface area contributed by atoms with Gasteiger partial charge in [0.05, 0.1) is 25.8 Å². The van der Waals surface area contributed by atoms with Gasteiger partial charge < -0.3 is 14.6 Å². The van der Waals surface area contributed by atoms with Gasteiger partial charge in [0.1, 0.15) is 6.07 Å². The van der Waals surface area contributed by atoms with E-state index in [1.54, 1.807) is 6.08 Å². The Morgan fingerprint density at radius 2 is 2.24 bits per heavy atom. The van der Waals surface area contributed by atoms with Crippen molar-refractivity contribution in [1.29, 1.82) is 5.26 Å². The van der Waals surface area contributed by atoms with Crippen molar-refractivity contribution in [3.63, 3.8) is 0 Å². The Labute approximate surface area is 144 Å². The van der Waals surface area contributed by atoms with Gasteiger partial charge in [0.25, 0.3) is 0 Å². The van der Waals surface area contributed by atoms with E-state index in [0.717, 1.165) is 9.13 Å². The van der Waals surface area contributed by atoms with Crippen LogP contribution in [0.25, 0.3) is 0 Å². The monoisotopic (exact) mass is 345 g/mol. The van der Waals surface area contributed by atoms with E-state index in [4.69, 9.17) is 21.2 Å². The molecule has 1 heterocycles. The molecule has 0 spiro atoms. The minimum Gasteiger partial charge on any atom is -0.493 e. The Morgan fingerprint density at radius 1 is 1.56 bits per heavy atom. The molecule has 8 nitrogen and oxygen atoms in total. The fourth-order valence-corrected chi connectivity index (χ4v) is 2.82. The SMILES string of the molecule is C#CCn1cc(O)n(COC(=O)[C@@H]2[C@H](C=C(C#N)OC)C2(C)C)c1=O. The van der Waals surface area contributed by atoms with Crippen LogP contribution in [0.1, 0.15) is 13.8 Å². The Bertz CT molecular complexity index is 847. The molecule has 1 aliphatic rings. The van der Waals surface area contributed by atoms with Gasteiger partial charge >= 0.3 is 11.7 Å². The number of ether oxygens (including phenoxy) is 2. The second kappa shape index (κ2) is 6.78. The Morgan fingerprint density at radius 3 is 2.80 bits per heavy atom. The molecule has 25 heavy (non-hydrogen) atoms. The van der Waals surface area contributed by atoms with E-state index in [2.05, 4.69) is 5.92 Å². The molecule has 1 fully saturated rings. The number of aromatic nitrogens is 2. The van der Waals surface area contributed by atoms with Crippen LogP contribution in [-0.2, 0) is 27.5 Å². The molecule has 0 unspecified atom stereocenters. The molecule has 1 aliphatic carbocycles. The number of aromatic hydroxyl groups is 1. The summed E-state index contributed by atoms with van der Waals surface area (Å²) in [6, 6.07) is 1.90. The van der Waals surface area contributed by atoms with Gasteiger partial charge in [0, 0.05) is 5.92 Å². The van der Waals surface area contributed by atoms with Crippen molar-refractivity contribution < 1.29 is 19.4 Å². The molecular weight excluding hydrogens is 326 g/mol. The van der Waals surface area contributed by atoms with Gasteiger partial charge in [-0.3, -0.25) is 9.36 Å². The van der Waals surface area contributed by atoms with Crippen LogP contribution >= 0.6 is 0 Å². The highest BCUT2D eigenvalue weighted by atomic mass is 16.5. The van der Waals surface area contributed by atoms with Crippen LogP contribution in [0.5, 0.6) is 5.88 Å². The van der Waals surface area contributed by atoms with Crippen molar-refractivity contribution in [3.8, 4) is 24.3 Å². The smallest absolute Gasteiger partial charge is 0.334 e. The zero-order valence-electron chi connectivity index (χ0n) is 14.2. The lowest BCUT2D eigenvalue weighted by molar-refractivity contribution is -0.150. The Kier molecular flexibility index (Phi) is 4.94. The molecule has 8 heteroatoms. The minimum atomic E-state index is -0.569. The molecule has 1 N–H and O–H groups in total. The maximum absolute atomic E-state index is 12.3. The Balaban J connectivity index is 2.07. The fourth-order valence-electron chi connectivity index (χ4n) is 2.82. The van der Waals surface area contributed by atoms with Gasteiger partial charge in [-0.2, -0.15) is 5.26 Å². The number of terminal acetylenes is 1. The summed E-state index contributed by atoms with van der Waals surface area (Å²) in [5, 5.41) is 18.7. The molecule has 2 atom stereocenters. The summed E-state index contributed by atoms with van der Waals surface area (Å²) in [5.74, 6) is 0.899. The molecule has 0 saturated heterocycles. The largest absolute Gasteiger partial charge is 0.493 e. The number of allylic oxidation sites excluding steroid dienone is 2. The number of nitriles is 1. The number of methoxy groups -OCH3 is 1. The molecule has 0 aromatic carbocycles. The standard InChI is InChI=1S/C17H19N3O5/c1-5-6-19-9-13(21)20(16(19)23)10-25-15(22)14-12(17(14,2)3)7-11(8-18)24-4/h1,7,9,12,14,21H,6,10H2,2-4H3/t12-,14-/m0/s1. The zero-order valence-corrected chi connectivity index (χ0v) is 14.2. The van der Waals surface area contributed by atoms with E-state index in [-0.39, 0.29) is 29.5 Å². The van der Waals surface area contributed by atoms with Crippen LogP contribution in [0.2, 0.25) is 0 Å². The average Bonchev–Trinajstić information content (AvgIpc) is 3.00. The van der Waals surface area contributed by atoms with Crippen LogP contribution < -0.4 is 5.69 Å². The lowest BCUT2D eigenvalue weighted by Crippen LogP contribution is -2.26. The third kappa shape index (κ3) is 3.38. The molecule has 0 bridgehead atoms. The molecule has 0 aliphatic heterocycles.